The summed E-state index contributed by atoms with van der Waals surface area (Å²) in [5.41, 5.74) is -0.139. The maximum absolute atomic E-state index is 14.4. The molecule has 3 aliphatic rings. The summed E-state index contributed by atoms with van der Waals surface area (Å²) in [5, 5.41) is 5.10. The van der Waals surface area contributed by atoms with Crippen molar-refractivity contribution >= 4 is 104 Å². The predicted molar refractivity (Wildman–Crippen MR) is 234 cm³/mol. The first-order chi connectivity index (χ1) is 30.6. The monoisotopic (exact) mass is 944 g/mol. The Hall–Kier alpha value is -6.36. The van der Waals surface area contributed by atoms with Crippen LogP contribution in [0.15, 0.2) is 105 Å². The van der Waals surface area contributed by atoms with E-state index >= 15 is 0 Å². The fourth-order valence-corrected chi connectivity index (χ4v) is 11.3. The number of nitrogens with zero attached hydrogens (tertiary/aromatic N) is 3. The van der Waals surface area contributed by atoms with E-state index in [9.17, 15) is 58.1 Å². The number of rotatable bonds is 12. The Labute approximate surface area is 372 Å². The van der Waals surface area contributed by atoms with E-state index in [0.717, 1.165) is 0 Å². The summed E-state index contributed by atoms with van der Waals surface area (Å²) in [6.07, 6.45) is 7.15. The Morgan fingerprint density at radius 1 is 0.831 bits per heavy atom. The van der Waals surface area contributed by atoms with E-state index < -0.39 is 69.3 Å². The van der Waals surface area contributed by atoms with Crippen molar-refractivity contribution < 1.29 is 67.5 Å². The third-order valence-electron chi connectivity index (χ3n) is 11.8. The summed E-state index contributed by atoms with van der Waals surface area (Å²) in [6, 6.07) is 12.9. The average Bonchev–Trinajstić information content (AvgIpc) is 3.86. The number of aryl methyl sites for hydroxylation is 1. The second-order valence-electron chi connectivity index (χ2n) is 15.6. The van der Waals surface area contributed by atoms with E-state index in [2.05, 4.69) is 5.32 Å². The molecule has 3 N–H and O–H groups in total. The highest BCUT2D eigenvalue weighted by Gasteiger charge is 2.52. The molecule has 8 rings (SSSR count). The molecule has 5 aromatic rings. The van der Waals surface area contributed by atoms with E-state index in [4.69, 9.17) is 4.84 Å². The number of hydroxylamine groups is 2. The van der Waals surface area contributed by atoms with Gasteiger partial charge in [0.2, 0.25) is 17.3 Å². The standard InChI is InChI=1S/C44H40N4O14S3/c1-4-45-42(51)44(43(52)62-48-37(49)19-20-38(48)50)23-25(13-15-31-27-9-7-11-29-34(63(53,54)55)18-17-33(39(27)29)46(31)5-2)21-26(24-44)14-16-32-28-10-8-12-30-35(64(56,57)58)22-36(65(59,60)61)41(40(28)30)47(32)6-3/h7-18,21-22H,4-6,19-20,23-24H2,1-3H3,(H3-,45,51,53,54,55,56,57,58,59,60,61). The van der Waals surface area contributed by atoms with Gasteiger partial charge >= 0.3 is 16.1 Å². The molecule has 1 aromatic heterocycles. The summed E-state index contributed by atoms with van der Waals surface area (Å²) in [7, 11) is -14.9. The molecule has 0 spiro atoms. The Morgan fingerprint density at radius 3 is 2.09 bits per heavy atom. The van der Waals surface area contributed by atoms with Crippen molar-refractivity contribution in [3.63, 3.8) is 0 Å². The summed E-state index contributed by atoms with van der Waals surface area (Å²) in [5.74, 6) is -3.51. The molecule has 1 fully saturated rings. The van der Waals surface area contributed by atoms with Crippen LogP contribution in [0.3, 0.4) is 0 Å². The number of allylic oxidation sites excluding steroid dienone is 6. The molecule has 1 aliphatic carbocycles. The van der Waals surface area contributed by atoms with Gasteiger partial charge in [-0.2, -0.15) is 21.4 Å². The second kappa shape index (κ2) is 16.3. The van der Waals surface area contributed by atoms with E-state index in [0.29, 0.717) is 61.7 Å². The number of hydrogen-bond acceptors (Lipinski definition) is 12. The molecule has 0 saturated carbocycles. The fraction of sp³-hybridized carbons (Fsp3) is 0.250. The number of carbonyl (C=O) groups excluding carboxylic acids is 4. The molecule has 1 unspecified atom stereocenters. The molecule has 3 heterocycles. The Bertz CT molecular complexity index is 3500. The van der Waals surface area contributed by atoms with Gasteiger partial charge in [-0.3, -0.25) is 23.5 Å². The minimum atomic E-state index is -5.08. The zero-order chi connectivity index (χ0) is 47.0. The van der Waals surface area contributed by atoms with Crippen LogP contribution in [-0.4, -0.2) is 95.6 Å². The molecule has 21 heteroatoms. The highest BCUT2D eigenvalue weighted by molar-refractivity contribution is 7.87. The van der Waals surface area contributed by atoms with Crippen LogP contribution in [0.25, 0.3) is 38.5 Å². The number of carbonyl (C=O) groups is 4. The number of hydrogen-bond donors (Lipinski definition) is 3. The lowest BCUT2D eigenvalue weighted by molar-refractivity contribution is -0.433. The molecule has 0 bridgehead atoms. The zero-order valence-electron chi connectivity index (χ0n) is 34.9. The van der Waals surface area contributed by atoms with Crippen molar-refractivity contribution in [1.82, 2.24) is 14.9 Å². The summed E-state index contributed by atoms with van der Waals surface area (Å²) in [6.45, 7) is 5.77. The maximum atomic E-state index is 14.4. The molecule has 65 heavy (non-hydrogen) atoms. The summed E-state index contributed by atoms with van der Waals surface area (Å²) in [4.78, 5) is 57.6. The predicted octanol–water partition coefficient (Wildman–Crippen LogP) is 3.96. The van der Waals surface area contributed by atoms with Crippen LogP contribution in [0.5, 0.6) is 0 Å². The van der Waals surface area contributed by atoms with Crippen molar-refractivity contribution in [3.05, 3.63) is 101 Å². The number of imide groups is 1. The lowest BCUT2D eigenvalue weighted by Crippen LogP contribution is -2.51. The van der Waals surface area contributed by atoms with Crippen molar-refractivity contribution in [2.24, 2.45) is 5.41 Å². The van der Waals surface area contributed by atoms with Gasteiger partial charge in [-0.25, -0.2) is 13.2 Å². The topological polar surface area (TPSA) is 267 Å². The molecule has 2 aliphatic heterocycles. The molecule has 0 radical (unpaired) electrons. The van der Waals surface area contributed by atoms with Gasteiger partial charge in [0.1, 0.15) is 21.6 Å². The van der Waals surface area contributed by atoms with Crippen molar-refractivity contribution in [3.8, 4) is 0 Å². The van der Waals surface area contributed by atoms with Crippen LogP contribution in [-0.2, 0) is 60.9 Å². The largest absolute Gasteiger partial charge is 0.744 e. The van der Waals surface area contributed by atoms with Crippen molar-refractivity contribution in [2.75, 3.05) is 13.1 Å². The van der Waals surface area contributed by atoms with Crippen LogP contribution in [0.4, 0.5) is 5.69 Å². The van der Waals surface area contributed by atoms with E-state index in [1.54, 1.807) is 74.6 Å². The van der Waals surface area contributed by atoms with Crippen LogP contribution in [0, 0.1) is 5.41 Å². The molecule has 4 aromatic carbocycles. The van der Waals surface area contributed by atoms with E-state index in [-0.39, 0.29) is 65.5 Å². The van der Waals surface area contributed by atoms with Gasteiger partial charge in [-0.15, -0.1) is 5.06 Å². The van der Waals surface area contributed by atoms with Gasteiger partial charge in [0.05, 0.1) is 15.8 Å². The van der Waals surface area contributed by atoms with E-state index in [1.807, 2.05) is 11.5 Å². The zero-order valence-corrected chi connectivity index (χ0v) is 37.3. The Kier molecular flexibility index (Phi) is 11.3. The quantitative estimate of drug-likeness (QED) is 0.0692. The first-order valence-electron chi connectivity index (χ1n) is 20.3. The minimum Gasteiger partial charge on any atom is -0.744 e. The van der Waals surface area contributed by atoms with Gasteiger partial charge in [-0.1, -0.05) is 48.6 Å². The maximum Gasteiger partial charge on any atom is 0.349 e. The first-order valence-corrected chi connectivity index (χ1v) is 24.6. The van der Waals surface area contributed by atoms with Gasteiger partial charge in [0.15, 0.2) is 10.3 Å². The molecular formula is C44H40N4O14S3. The van der Waals surface area contributed by atoms with Crippen LogP contribution in [0.2, 0.25) is 0 Å². The lowest BCUT2D eigenvalue weighted by atomic mass is 9.71. The molecule has 338 valence electrons. The molecule has 1 atom stereocenters. The number of nitrogens with one attached hydrogen (secondary N) is 1. The van der Waals surface area contributed by atoms with Crippen LogP contribution < -0.4 is 10.7 Å². The third kappa shape index (κ3) is 7.66. The molecular weight excluding hydrogens is 905 g/mol. The highest BCUT2D eigenvalue weighted by atomic mass is 32.2. The smallest absolute Gasteiger partial charge is 0.349 e. The third-order valence-corrected chi connectivity index (χ3v) is 14.5. The SMILES string of the molecule is CCNC(=O)C1(C(=O)ON2C(=O)CCC2=O)CC(=CC=c2c3cccc4c(S(=O)(=O)[O-])ccc(c43)n2CC)C=C(C=CC2=[N+](CC)c3c(S(=O)(=O)O)cc(S(=O)(=O)O)c4cccc2c34)C1. The van der Waals surface area contributed by atoms with E-state index in [1.165, 1.54) is 22.8 Å². The van der Waals surface area contributed by atoms with Crippen LogP contribution >= 0.6 is 0 Å². The molecule has 3 amide bonds. The Balaban J connectivity index is 1.34. The normalized spacial score (nSPS) is 19.2. The van der Waals surface area contributed by atoms with Crippen molar-refractivity contribution in [1.29, 1.82) is 0 Å². The number of benzene rings is 4. The van der Waals surface area contributed by atoms with Gasteiger partial charge in [0, 0.05) is 64.4 Å². The van der Waals surface area contributed by atoms with Gasteiger partial charge in [0.25, 0.3) is 21.9 Å². The number of amides is 3. The highest BCUT2D eigenvalue weighted by Crippen LogP contribution is 2.45. The van der Waals surface area contributed by atoms with Gasteiger partial charge in [-0.05, 0) is 75.1 Å². The molecule has 18 nitrogen and oxygen atoms in total. The van der Waals surface area contributed by atoms with Gasteiger partial charge < -0.3 is 19.3 Å². The van der Waals surface area contributed by atoms with Crippen LogP contribution in [0.1, 0.15) is 52.0 Å². The average molecular weight is 945 g/mol. The first kappa shape index (κ1) is 45.2. The number of aromatic nitrogens is 1. The molecule has 1 saturated heterocycles. The second-order valence-corrected chi connectivity index (χ2v) is 19.8. The fourth-order valence-electron chi connectivity index (χ4n) is 9.12. The summed E-state index contributed by atoms with van der Waals surface area (Å²) >= 11 is 0. The van der Waals surface area contributed by atoms with Crippen molar-refractivity contribution in [2.45, 2.75) is 67.7 Å². The Morgan fingerprint density at radius 2 is 1.48 bits per heavy atom. The summed E-state index contributed by atoms with van der Waals surface area (Å²) < 4.78 is 111. The minimum absolute atomic E-state index is 0.0230. The lowest BCUT2D eigenvalue weighted by Gasteiger charge is -2.34.